The van der Waals surface area contributed by atoms with Gasteiger partial charge in [0.1, 0.15) is 5.78 Å². The molecule has 0 rings (SSSR count). The van der Waals surface area contributed by atoms with Crippen LogP contribution in [0.2, 0.25) is 0 Å². The van der Waals surface area contributed by atoms with Gasteiger partial charge in [-0.3, -0.25) is 14.4 Å². The van der Waals surface area contributed by atoms with Gasteiger partial charge < -0.3 is 9.84 Å². The topological polar surface area (TPSA) is 80.7 Å². The monoisotopic (exact) mass is 190 g/mol. The first-order valence-corrected chi connectivity index (χ1v) is 3.68. The quantitative estimate of drug-likeness (QED) is 0.660. The van der Waals surface area contributed by atoms with Crippen molar-refractivity contribution in [3.05, 3.63) is 0 Å². The number of esters is 1. The molecule has 0 unspecified atom stereocenters. The highest BCUT2D eigenvalue weighted by Gasteiger charge is 1.94. The molecule has 1 N–H and O–H groups in total. The predicted molar refractivity (Wildman–Crippen MR) is 45.2 cm³/mol. The van der Waals surface area contributed by atoms with Gasteiger partial charge in [0.15, 0.2) is 0 Å². The second kappa shape index (κ2) is 8.70. The molecule has 0 radical (unpaired) electrons. The third kappa shape index (κ3) is 37.0. The van der Waals surface area contributed by atoms with Gasteiger partial charge in [-0.1, -0.05) is 0 Å². The molecular weight excluding hydrogens is 176 g/mol. The van der Waals surface area contributed by atoms with E-state index >= 15 is 0 Å². The van der Waals surface area contributed by atoms with Gasteiger partial charge in [-0.25, -0.2) is 0 Å². The van der Waals surface area contributed by atoms with Gasteiger partial charge in [0, 0.05) is 20.3 Å². The summed E-state index contributed by atoms with van der Waals surface area (Å²) < 4.78 is 4.49. The number of Topliss-reactive ketones (excluding diaryl/α,β-unsaturated/α-hetero) is 1. The summed E-state index contributed by atoms with van der Waals surface area (Å²) in [5.74, 6) is -1.13. The minimum absolute atomic E-state index is 0.0382. The molecule has 0 aromatic heterocycles. The maximum atomic E-state index is 10.2. The van der Waals surface area contributed by atoms with Crippen LogP contribution < -0.4 is 0 Å². The Morgan fingerprint density at radius 1 is 1.15 bits per heavy atom. The van der Waals surface area contributed by atoms with E-state index in [1.807, 2.05) is 0 Å². The summed E-state index contributed by atoms with van der Waals surface area (Å²) in [6.45, 7) is 4.08. The Morgan fingerprint density at radius 3 is 1.77 bits per heavy atom. The molecule has 0 atom stereocenters. The molecule has 13 heavy (non-hydrogen) atoms. The smallest absolute Gasteiger partial charge is 0.302 e. The minimum atomic E-state index is -0.833. The number of carbonyl (C=O) groups excluding carboxylic acids is 2. The molecule has 0 bridgehead atoms. The van der Waals surface area contributed by atoms with Crippen molar-refractivity contribution in [3.8, 4) is 0 Å². The third-order valence-electron chi connectivity index (χ3n) is 0.759. The molecular formula is C8H14O5. The van der Waals surface area contributed by atoms with Crippen molar-refractivity contribution in [1.82, 2.24) is 0 Å². The number of carbonyl (C=O) groups is 3. The number of carboxylic acid groups (broad SMARTS) is 1. The van der Waals surface area contributed by atoms with Crippen molar-refractivity contribution < 1.29 is 24.2 Å². The van der Waals surface area contributed by atoms with Crippen molar-refractivity contribution in [3.63, 3.8) is 0 Å². The van der Waals surface area contributed by atoms with Gasteiger partial charge in [0.25, 0.3) is 5.97 Å². The minimum Gasteiger partial charge on any atom is -0.481 e. The second-order valence-electron chi connectivity index (χ2n) is 2.31. The number of hydrogen-bond acceptors (Lipinski definition) is 4. The van der Waals surface area contributed by atoms with E-state index in [9.17, 15) is 9.59 Å². The Kier molecular flexibility index (Phi) is 9.48. The van der Waals surface area contributed by atoms with E-state index in [4.69, 9.17) is 9.90 Å². The van der Waals surface area contributed by atoms with Crippen LogP contribution in [0, 0.1) is 0 Å². The van der Waals surface area contributed by atoms with Gasteiger partial charge >= 0.3 is 5.97 Å². The molecule has 0 aliphatic carbocycles. The summed E-state index contributed by atoms with van der Waals surface area (Å²) in [5, 5.41) is 7.42. The van der Waals surface area contributed by atoms with Gasteiger partial charge in [0.05, 0.1) is 6.61 Å². The third-order valence-corrected chi connectivity index (χ3v) is 0.759. The lowest BCUT2D eigenvalue weighted by atomic mass is 10.3. The number of ether oxygens (including phenoxy) is 1. The highest BCUT2D eigenvalue weighted by Crippen LogP contribution is 1.83. The average Bonchev–Trinajstić information content (AvgIpc) is 1.83. The van der Waals surface area contributed by atoms with Gasteiger partial charge in [-0.15, -0.1) is 0 Å². The van der Waals surface area contributed by atoms with Crippen molar-refractivity contribution in [2.24, 2.45) is 0 Å². The van der Waals surface area contributed by atoms with E-state index in [0.717, 1.165) is 6.92 Å². The van der Waals surface area contributed by atoms with Crippen LogP contribution in [0.3, 0.4) is 0 Å². The number of ketones is 1. The molecule has 5 heteroatoms. The summed E-state index contributed by atoms with van der Waals surface area (Å²) in [7, 11) is 0. The van der Waals surface area contributed by atoms with E-state index in [1.54, 1.807) is 0 Å². The first-order valence-electron chi connectivity index (χ1n) is 3.68. The molecule has 0 aromatic rings. The summed E-state index contributed by atoms with van der Waals surface area (Å²) in [6, 6.07) is 0. The Hall–Kier alpha value is -1.39. The van der Waals surface area contributed by atoms with Crippen LogP contribution in [0.4, 0.5) is 0 Å². The van der Waals surface area contributed by atoms with Crippen LogP contribution in [0.1, 0.15) is 27.2 Å². The van der Waals surface area contributed by atoms with E-state index < -0.39 is 5.97 Å². The molecule has 5 nitrogen and oxygen atoms in total. The molecule has 0 aromatic carbocycles. The molecule has 0 saturated heterocycles. The first-order chi connectivity index (χ1) is 5.86. The molecule has 0 fully saturated rings. The zero-order valence-corrected chi connectivity index (χ0v) is 7.99. The van der Waals surface area contributed by atoms with Crippen LogP contribution in [-0.4, -0.2) is 29.4 Å². The Labute approximate surface area is 76.7 Å². The predicted octanol–water partition coefficient (Wildman–Crippen LogP) is 0.620. The largest absolute Gasteiger partial charge is 0.481 e. The van der Waals surface area contributed by atoms with Crippen LogP contribution in [0.5, 0.6) is 0 Å². The number of rotatable bonds is 3. The maximum absolute atomic E-state index is 10.2. The zero-order chi connectivity index (χ0) is 10.9. The second-order valence-corrected chi connectivity index (χ2v) is 2.31. The fourth-order valence-corrected chi connectivity index (χ4v) is 0.338. The van der Waals surface area contributed by atoms with Crippen LogP contribution >= 0.6 is 0 Å². The van der Waals surface area contributed by atoms with Crippen molar-refractivity contribution in [1.29, 1.82) is 0 Å². The first kappa shape index (κ1) is 14.2. The van der Waals surface area contributed by atoms with Crippen LogP contribution in [0.15, 0.2) is 0 Å². The summed E-state index contributed by atoms with van der Waals surface area (Å²) >= 11 is 0. The highest BCUT2D eigenvalue weighted by molar-refractivity contribution is 5.76. The fourth-order valence-electron chi connectivity index (χ4n) is 0.338. The lowest BCUT2D eigenvalue weighted by molar-refractivity contribution is -0.141. The maximum Gasteiger partial charge on any atom is 0.302 e. The van der Waals surface area contributed by atoms with Crippen LogP contribution in [0.25, 0.3) is 0 Å². The highest BCUT2D eigenvalue weighted by atomic mass is 16.5. The zero-order valence-electron chi connectivity index (χ0n) is 7.99. The Bertz CT molecular complexity index is 167. The molecule has 76 valence electrons. The molecule has 0 saturated carbocycles. The fraction of sp³-hybridized carbons (Fsp3) is 0.625. The number of carboxylic acids is 1. The van der Waals surface area contributed by atoms with Crippen molar-refractivity contribution in [2.75, 3.05) is 6.61 Å². The molecule has 0 heterocycles. The Morgan fingerprint density at radius 2 is 1.54 bits per heavy atom. The lowest BCUT2D eigenvalue weighted by Gasteiger charge is -1.96. The SMILES string of the molecule is CC(=O)CCOC(C)=O.CC(=O)O. The Balaban J connectivity index is 0. The molecule has 0 aliphatic rings. The van der Waals surface area contributed by atoms with Crippen molar-refractivity contribution in [2.45, 2.75) is 27.2 Å². The van der Waals surface area contributed by atoms with E-state index in [2.05, 4.69) is 4.74 Å². The summed E-state index contributed by atoms with van der Waals surface area (Å²) in [4.78, 5) is 29.3. The molecule has 0 spiro atoms. The standard InChI is InChI=1S/C6H10O3.C2H4O2/c1-5(7)3-4-9-6(2)8;1-2(3)4/h3-4H2,1-2H3;1H3,(H,3,4). The average molecular weight is 190 g/mol. The normalized spacial score (nSPS) is 7.92. The van der Waals surface area contributed by atoms with E-state index in [0.29, 0.717) is 6.42 Å². The number of hydrogen-bond donors (Lipinski definition) is 1. The number of aliphatic carboxylic acids is 1. The van der Waals surface area contributed by atoms with Crippen LogP contribution in [-0.2, 0) is 19.1 Å². The van der Waals surface area contributed by atoms with Crippen molar-refractivity contribution >= 4 is 17.7 Å². The van der Waals surface area contributed by atoms with E-state index in [1.165, 1.54) is 13.8 Å². The molecule has 0 aliphatic heterocycles. The van der Waals surface area contributed by atoms with E-state index in [-0.39, 0.29) is 18.4 Å². The van der Waals surface area contributed by atoms with Gasteiger partial charge in [0.2, 0.25) is 0 Å². The lowest BCUT2D eigenvalue weighted by Crippen LogP contribution is -2.03. The molecule has 0 amide bonds. The summed E-state index contributed by atoms with van der Waals surface area (Å²) in [6.07, 6.45) is 0.319. The summed E-state index contributed by atoms with van der Waals surface area (Å²) in [5.41, 5.74) is 0. The van der Waals surface area contributed by atoms with Gasteiger partial charge in [-0.2, -0.15) is 0 Å². The van der Waals surface area contributed by atoms with Gasteiger partial charge in [-0.05, 0) is 6.92 Å².